The van der Waals surface area contributed by atoms with Gasteiger partial charge in [0.05, 0.1) is 12.6 Å². The molecule has 0 spiro atoms. The highest BCUT2D eigenvalue weighted by Gasteiger charge is 2.34. The third-order valence-corrected chi connectivity index (χ3v) is 8.42. The highest BCUT2D eigenvalue weighted by molar-refractivity contribution is 7.10. The van der Waals surface area contributed by atoms with Crippen molar-refractivity contribution in [1.82, 2.24) is 14.7 Å². The number of anilines is 1. The molecule has 2 aliphatic rings. The first-order chi connectivity index (χ1) is 17.9. The van der Waals surface area contributed by atoms with Crippen molar-refractivity contribution in [2.75, 3.05) is 38.0 Å². The second-order valence-corrected chi connectivity index (χ2v) is 10.8. The molecule has 3 amide bonds. The maximum Gasteiger partial charge on any atom is 0.322 e. The minimum absolute atomic E-state index is 0.0437. The van der Waals surface area contributed by atoms with Crippen LogP contribution in [0.3, 0.4) is 0 Å². The van der Waals surface area contributed by atoms with E-state index in [0.717, 1.165) is 36.2 Å². The monoisotopic (exact) mass is 520 g/mol. The van der Waals surface area contributed by atoms with Gasteiger partial charge in [-0.2, -0.15) is 0 Å². The van der Waals surface area contributed by atoms with Gasteiger partial charge in [-0.05, 0) is 72.2 Å². The minimum Gasteiger partial charge on any atom is -0.338 e. The van der Waals surface area contributed by atoms with Gasteiger partial charge in [0.1, 0.15) is 5.82 Å². The fourth-order valence-electron chi connectivity index (χ4n) is 5.38. The standard InChI is InChI=1S/C29H33FN4O2S/c1-3-21-7-9-24(10-8-21)31-29(36)34-15-14-32(18-20(34)2)27(35)19-33-13-11-26-25(12-16-37-26)28(33)22-5-4-6-23(30)17-22/h4-10,12,16-17,20,28H,3,11,13-15,18-19H2,1-2H3,(H,31,36)/t20-,28+/m0/s1. The normalized spacial score (nSPS) is 20.0. The highest BCUT2D eigenvalue weighted by atomic mass is 32.1. The molecule has 0 radical (unpaired) electrons. The van der Waals surface area contributed by atoms with E-state index < -0.39 is 0 Å². The Hall–Kier alpha value is -3.23. The number of halogens is 1. The highest BCUT2D eigenvalue weighted by Crippen LogP contribution is 2.37. The molecule has 1 aromatic heterocycles. The Kier molecular flexibility index (Phi) is 7.58. The van der Waals surface area contributed by atoms with Crippen LogP contribution in [0.4, 0.5) is 14.9 Å². The first-order valence-corrected chi connectivity index (χ1v) is 13.8. The quantitative estimate of drug-likeness (QED) is 0.506. The molecule has 2 aromatic carbocycles. The largest absolute Gasteiger partial charge is 0.338 e. The molecule has 2 atom stereocenters. The predicted molar refractivity (Wildman–Crippen MR) is 145 cm³/mol. The van der Waals surface area contributed by atoms with Crippen LogP contribution in [0.2, 0.25) is 0 Å². The van der Waals surface area contributed by atoms with Crippen molar-refractivity contribution < 1.29 is 14.0 Å². The summed E-state index contributed by atoms with van der Waals surface area (Å²) >= 11 is 1.72. The maximum atomic E-state index is 14.1. The molecule has 1 N–H and O–H groups in total. The summed E-state index contributed by atoms with van der Waals surface area (Å²) < 4.78 is 14.1. The third-order valence-electron chi connectivity index (χ3n) is 7.42. The summed E-state index contributed by atoms with van der Waals surface area (Å²) in [7, 11) is 0. The number of benzene rings is 2. The fourth-order valence-corrected chi connectivity index (χ4v) is 6.29. The summed E-state index contributed by atoms with van der Waals surface area (Å²) in [6.07, 6.45) is 1.84. The summed E-state index contributed by atoms with van der Waals surface area (Å²) in [5.74, 6) is -0.224. The van der Waals surface area contributed by atoms with Crippen molar-refractivity contribution in [3.63, 3.8) is 0 Å². The van der Waals surface area contributed by atoms with Crippen molar-refractivity contribution in [2.24, 2.45) is 0 Å². The van der Waals surface area contributed by atoms with Crippen LogP contribution in [-0.4, -0.2) is 65.4 Å². The van der Waals surface area contributed by atoms with E-state index in [1.54, 1.807) is 28.4 Å². The summed E-state index contributed by atoms with van der Waals surface area (Å²) in [6.45, 7) is 6.55. The first kappa shape index (κ1) is 25.4. The van der Waals surface area contributed by atoms with Crippen LogP contribution in [0.5, 0.6) is 0 Å². The smallest absolute Gasteiger partial charge is 0.322 e. The molecule has 8 heteroatoms. The van der Waals surface area contributed by atoms with Gasteiger partial charge in [-0.3, -0.25) is 9.69 Å². The molecular weight excluding hydrogens is 487 g/mol. The van der Waals surface area contributed by atoms with Gasteiger partial charge >= 0.3 is 6.03 Å². The van der Waals surface area contributed by atoms with Gasteiger partial charge in [-0.25, -0.2) is 9.18 Å². The van der Waals surface area contributed by atoms with E-state index in [1.807, 2.05) is 42.2 Å². The van der Waals surface area contributed by atoms with E-state index in [2.05, 4.69) is 28.6 Å². The van der Waals surface area contributed by atoms with E-state index in [0.29, 0.717) is 19.6 Å². The summed E-state index contributed by atoms with van der Waals surface area (Å²) in [5.41, 5.74) is 4.03. The topological polar surface area (TPSA) is 55.9 Å². The Morgan fingerprint density at radius 1 is 1.08 bits per heavy atom. The molecule has 2 aliphatic heterocycles. The molecule has 194 valence electrons. The van der Waals surface area contributed by atoms with Crippen LogP contribution >= 0.6 is 11.3 Å². The van der Waals surface area contributed by atoms with Gasteiger partial charge in [-0.1, -0.05) is 31.2 Å². The lowest BCUT2D eigenvalue weighted by molar-refractivity contribution is -0.135. The van der Waals surface area contributed by atoms with E-state index >= 15 is 0 Å². The van der Waals surface area contributed by atoms with E-state index in [4.69, 9.17) is 0 Å². The number of urea groups is 1. The molecular formula is C29H33FN4O2S. The summed E-state index contributed by atoms with van der Waals surface area (Å²) in [6, 6.07) is 16.3. The van der Waals surface area contributed by atoms with Crippen molar-refractivity contribution in [1.29, 1.82) is 0 Å². The molecule has 3 aromatic rings. The van der Waals surface area contributed by atoms with Crippen LogP contribution < -0.4 is 5.32 Å². The van der Waals surface area contributed by atoms with Crippen molar-refractivity contribution in [3.05, 3.63) is 87.4 Å². The van der Waals surface area contributed by atoms with Crippen LogP contribution in [0.15, 0.2) is 60.0 Å². The fraction of sp³-hybridized carbons (Fsp3) is 0.379. The van der Waals surface area contributed by atoms with Crippen LogP contribution in [0.1, 0.15) is 41.5 Å². The Bertz CT molecular complexity index is 1260. The number of piperazine rings is 1. The van der Waals surface area contributed by atoms with Gasteiger partial charge in [-0.15, -0.1) is 11.3 Å². The number of thiophene rings is 1. The zero-order chi connectivity index (χ0) is 25.9. The van der Waals surface area contributed by atoms with Gasteiger partial charge in [0, 0.05) is 42.8 Å². The number of amides is 3. The first-order valence-electron chi connectivity index (χ1n) is 12.9. The molecule has 0 bridgehead atoms. The molecule has 3 heterocycles. The maximum absolute atomic E-state index is 14.1. The van der Waals surface area contributed by atoms with Gasteiger partial charge in [0.25, 0.3) is 0 Å². The van der Waals surface area contributed by atoms with E-state index in [1.165, 1.54) is 16.5 Å². The number of nitrogens with zero attached hydrogens (tertiary/aromatic N) is 3. The molecule has 1 fully saturated rings. The molecule has 0 unspecified atom stereocenters. The zero-order valence-electron chi connectivity index (χ0n) is 21.3. The number of carbonyl (C=O) groups is 2. The lowest BCUT2D eigenvalue weighted by Crippen LogP contribution is -2.58. The molecule has 1 saturated heterocycles. The Labute approximate surface area is 221 Å². The SMILES string of the molecule is CCc1ccc(NC(=O)N2CCN(C(=O)CN3CCc4sccc4[C@H]3c3cccc(F)c3)C[C@@H]2C)cc1. The molecule has 5 rings (SSSR count). The summed E-state index contributed by atoms with van der Waals surface area (Å²) in [4.78, 5) is 33.5. The number of nitrogens with one attached hydrogen (secondary N) is 1. The van der Waals surface area contributed by atoms with Gasteiger partial charge in [0.2, 0.25) is 5.91 Å². The average molecular weight is 521 g/mol. The van der Waals surface area contributed by atoms with Gasteiger partial charge in [0.15, 0.2) is 0 Å². The number of rotatable bonds is 5. The van der Waals surface area contributed by atoms with Crippen molar-refractivity contribution in [2.45, 2.75) is 38.8 Å². The number of hydrogen-bond acceptors (Lipinski definition) is 4. The minimum atomic E-state index is -0.268. The molecule has 0 saturated carbocycles. The summed E-state index contributed by atoms with van der Waals surface area (Å²) in [5, 5.41) is 5.06. The number of aryl methyl sites for hydroxylation is 1. The van der Waals surface area contributed by atoms with E-state index in [-0.39, 0.29) is 36.4 Å². The third kappa shape index (κ3) is 5.55. The van der Waals surface area contributed by atoms with E-state index in [9.17, 15) is 14.0 Å². The number of fused-ring (bicyclic) bond motifs is 1. The van der Waals surface area contributed by atoms with Crippen molar-refractivity contribution in [3.8, 4) is 0 Å². The van der Waals surface area contributed by atoms with Gasteiger partial charge < -0.3 is 15.1 Å². The number of hydrogen-bond donors (Lipinski definition) is 1. The second-order valence-electron chi connectivity index (χ2n) is 9.84. The van der Waals surface area contributed by atoms with Crippen LogP contribution in [-0.2, 0) is 17.6 Å². The Balaban J connectivity index is 1.23. The Morgan fingerprint density at radius 2 is 1.89 bits per heavy atom. The average Bonchev–Trinajstić information content (AvgIpc) is 3.37. The lowest BCUT2D eigenvalue weighted by Gasteiger charge is -2.41. The van der Waals surface area contributed by atoms with Crippen molar-refractivity contribution >= 4 is 29.0 Å². The second kappa shape index (κ2) is 11.0. The molecule has 37 heavy (non-hydrogen) atoms. The lowest BCUT2D eigenvalue weighted by atomic mass is 9.93. The molecule has 6 nitrogen and oxygen atoms in total. The predicted octanol–water partition coefficient (Wildman–Crippen LogP) is 5.16. The number of carbonyl (C=O) groups excluding carboxylic acids is 2. The van der Waals surface area contributed by atoms with Crippen LogP contribution in [0, 0.1) is 5.82 Å². The molecule has 0 aliphatic carbocycles. The zero-order valence-corrected chi connectivity index (χ0v) is 22.1. The van der Waals surface area contributed by atoms with Crippen LogP contribution in [0.25, 0.3) is 0 Å². The Morgan fingerprint density at radius 3 is 2.62 bits per heavy atom.